The van der Waals surface area contributed by atoms with Crippen molar-refractivity contribution < 1.29 is 19.7 Å². The summed E-state index contributed by atoms with van der Waals surface area (Å²) in [6.07, 6.45) is 0.378. The van der Waals surface area contributed by atoms with E-state index in [2.05, 4.69) is 16.1 Å². The number of rotatable bonds is 6. The van der Waals surface area contributed by atoms with Crippen molar-refractivity contribution in [3.05, 3.63) is 54.1 Å². The van der Waals surface area contributed by atoms with Gasteiger partial charge < -0.3 is 14.9 Å². The van der Waals surface area contributed by atoms with Crippen molar-refractivity contribution in [2.75, 3.05) is 0 Å². The first-order valence-corrected chi connectivity index (χ1v) is 8.02. The lowest BCUT2D eigenvalue weighted by atomic mass is 10.1. The zero-order chi connectivity index (χ0) is 16.1. The second kappa shape index (κ2) is 7.80. The van der Waals surface area contributed by atoms with Crippen molar-refractivity contribution in [3.63, 3.8) is 0 Å². The standard InChI is InChI=1S/C15H13BrINO4/c16-18(17)14(15(20)21)9-10-1-5-12(6-2-10)22-13-7-3-11(19)4-8-13/h1-8,14,19H,9H2,(H,20,21)/t14-/m0/s1. The van der Waals surface area contributed by atoms with Crippen molar-refractivity contribution in [2.24, 2.45) is 0 Å². The van der Waals surface area contributed by atoms with Gasteiger partial charge in [0.05, 0.1) is 0 Å². The minimum Gasteiger partial charge on any atom is -0.508 e. The van der Waals surface area contributed by atoms with Crippen LogP contribution in [0.2, 0.25) is 0 Å². The van der Waals surface area contributed by atoms with E-state index in [-0.39, 0.29) is 5.75 Å². The fourth-order valence-corrected chi connectivity index (χ4v) is 2.56. The van der Waals surface area contributed by atoms with Gasteiger partial charge in [0.15, 0.2) is 0 Å². The Labute approximate surface area is 150 Å². The van der Waals surface area contributed by atoms with Gasteiger partial charge >= 0.3 is 5.97 Å². The van der Waals surface area contributed by atoms with E-state index in [4.69, 9.17) is 9.84 Å². The van der Waals surface area contributed by atoms with Gasteiger partial charge in [-0.2, -0.15) is 2.14 Å². The van der Waals surface area contributed by atoms with Gasteiger partial charge in [0, 0.05) is 45.4 Å². The molecular formula is C15H13BrINO4. The van der Waals surface area contributed by atoms with E-state index < -0.39 is 12.0 Å². The van der Waals surface area contributed by atoms with Crippen LogP contribution in [-0.2, 0) is 11.2 Å². The number of hydrogen-bond donors (Lipinski definition) is 2. The van der Waals surface area contributed by atoms with E-state index in [0.29, 0.717) is 17.9 Å². The van der Waals surface area contributed by atoms with Crippen LogP contribution in [0.25, 0.3) is 0 Å². The summed E-state index contributed by atoms with van der Waals surface area (Å²) in [6.45, 7) is 0. The molecule has 0 bridgehead atoms. The van der Waals surface area contributed by atoms with Gasteiger partial charge in [-0.05, 0) is 42.0 Å². The molecule has 0 aromatic heterocycles. The summed E-state index contributed by atoms with van der Waals surface area (Å²) in [5, 5.41) is 18.4. The van der Waals surface area contributed by atoms with Crippen molar-refractivity contribution in [2.45, 2.75) is 12.5 Å². The Morgan fingerprint density at radius 1 is 1.14 bits per heavy atom. The molecule has 0 aliphatic carbocycles. The molecule has 0 amide bonds. The summed E-state index contributed by atoms with van der Waals surface area (Å²) in [6, 6.07) is 13.0. The Morgan fingerprint density at radius 2 is 1.64 bits per heavy atom. The summed E-state index contributed by atoms with van der Waals surface area (Å²) in [5.74, 6) is 0.551. The highest BCUT2D eigenvalue weighted by atomic mass is 127. The lowest BCUT2D eigenvalue weighted by Crippen LogP contribution is -2.30. The van der Waals surface area contributed by atoms with Crippen LogP contribution in [0.15, 0.2) is 48.5 Å². The second-order valence-electron chi connectivity index (χ2n) is 4.56. The topological polar surface area (TPSA) is 70.0 Å². The van der Waals surface area contributed by atoms with Crippen LogP contribution in [0.4, 0.5) is 0 Å². The van der Waals surface area contributed by atoms with Gasteiger partial charge in [0.25, 0.3) is 0 Å². The zero-order valence-corrected chi connectivity index (χ0v) is 15.1. The molecule has 116 valence electrons. The number of ether oxygens (including phenoxy) is 1. The van der Waals surface area contributed by atoms with Crippen LogP contribution in [0.3, 0.4) is 0 Å². The molecule has 0 saturated heterocycles. The number of phenols is 1. The molecule has 5 nitrogen and oxygen atoms in total. The number of carboxylic acids is 1. The van der Waals surface area contributed by atoms with Gasteiger partial charge in [-0.3, -0.25) is 4.79 Å². The highest BCUT2D eigenvalue weighted by molar-refractivity contribution is 14.1. The first kappa shape index (κ1) is 17.0. The molecule has 2 N–H and O–H groups in total. The third-order valence-electron chi connectivity index (χ3n) is 2.95. The molecule has 2 rings (SSSR count). The van der Waals surface area contributed by atoms with Gasteiger partial charge in [-0.15, -0.1) is 0 Å². The maximum Gasteiger partial charge on any atom is 0.323 e. The fourth-order valence-electron chi connectivity index (χ4n) is 1.81. The molecule has 2 aromatic carbocycles. The van der Waals surface area contributed by atoms with Crippen molar-refractivity contribution in [1.29, 1.82) is 0 Å². The zero-order valence-electron chi connectivity index (χ0n) is 11.3. The Morgan fingerprint density at radius 3 is 2.09 bits per heavy atom. The number of benzene rings is 2. The maximum atomic E-state index is 11.2. The number of aromatic hydroxyl groups is 1. The summed E-state index contributed by atoms with van der Waals surface area (Å²) in [7, 11) is 0. The summed E-state index contributed by atoms with van der Waals surface area (Å²) < 4.78 is 7.11. The number of hydrogen-bond acceptors (Lipinski definition) is 4. The number of halogens is 2. The molecule has 0 fully saturated rings. The Bertz CT molecular complexity index is 631. The minimum absolute atomic E-state index is 0.181. The van der Waals surface area contributed by atoms with Crippen LogP contribution in [-0.4, -0.2) is 24.4 Å². The molecule has 2 aromatic rings. The van der Waals surface area contributed by atoms with Crippen LogP contribution in [0.1, 0.15) is 5.56 Å². The Kier molecular flexibility index (Phi) is 6.04. The quantitative estimate of drug-likeness (QED) is 0.483. The highest BCUT2D eigenvalue weighted by Gasteiger charge is 2.22. The number of nitrogens with zero attached hydrogens (tertiary/aromatic N) is 1. The monoisotopic (exact) mass is 477 g/mol. The van der Waals surface area contributed by atoms with E-state index in [1.165, 1.54) is 2.14 Å². The fraction of sp³-hybridized carbons (Fsp3) is 0.133. The molecule has 0 saturated carbocycles. The molecule has 7 heteroatoms. The smallest absolute Gasteiger partial charge is 0.323 e. The molecule has 0 radical (unpaired) electrons. The predicted molar refractivity (Wildman–Crippen MR) is 94.5 cm³/mol. The lowest BCUT2D eigenvalue weighted by Gasteiger charge is -2.16. The number of phenolic OH excluding ortho intramolecular Hbond substituents is 1. The van der Waals surface area contributed by atoms with Crippen LogP contribution in [0, 0.1) is 0 Å². The Hall–Kier alpha value is -1.32. The van der Waals surface area contributed by atoms with Crippen molar-refractivity contribution in [3.8, 4) is 17.2 Å². The van der Waals surface area contributed by atoms with E-state index in [1.807, 2.05) is 35.0 Å². The summed E-state index contributed by atoms with van der Waals surface area (Å²) in [4.78, 5) is 11.2. The lowest BCUT2D eigenvalue weighted by molar-refractivity contribution is -0.139. The minimum atomic E-state index is -0.893. The summed E-state index contributed by atoms with van der Waals surface area (Å²) in [5.41, 5.74) is 0.895. The number of aliphatic carboxylic acids is 1. The predicted octanol–water partition coefficient (Wildman–Crippen LogP) is 4.14. The second-order valence-corrected chi connectivity index (χ2v) is 7.69. The molecule has 22 heavy (non-hydrogen) atoms. The average Bonchev–Trinajstić information content (AvgIpc) is 2.48. The van der Waals surface area contributed by atoms with Crippen LogP contribution < -0.4 is 4.74 Å². The Balaban J connectivity index is 2.03. The molecular weight excluding hydrogens is 465 g/mol. The number of carboxylic acid groups (broad SMARTS) is 1. The molecule has 1 atom stereocenters. The average molecular weight is 478 g/mol. The van der Waals surface area contributed by atoms with E-state index in [1.54, 1.807) is 36.4 Å². The normalized spacial score (nSPS) is 12.1. The van der Waals surface area contributed by atoms with Gasteiger partial charge in [0.2, 0.25) is 0 Å². The maximum absolute atomic E-state index is 11.2. The van der Waals surface area contributed by atoms with E-state index in [0.717, 1.165) is 5.56 Å². The molecule has 0 unspecified atom stereocenters. The van der Waals surface area contributed by atoms with Gasteiger partial charge in [0.1, 0.15) is 23.3 Å². The highest BCUT2D eigenvalue weighted by Crippen LogP contribution is 2.24. The number of carbonyl (C=O) groups is 1. The third-order valence-corrected chi connectivity index (χ3v) is 4.11. The first-order valence-electron chi connectivity index (χ1n) is 6.35. The summed E-state index contributed by atoms with van der Waals surface area (Å²) >= 11 is 5.05. The van der Waals surface area contributed by atoms with Crippen molar-refractivity contribution in [1.82, 2.24) is 2.14 Å². The molecule has 0 aliphatic heterocycles. The van der Waals surface area contributed by atoms with Crippen LogP contribution in [0.5, 0.6) is 17.2 Å². The molecule has 0 aliphatic rings. The van der Waals surface area contributed by atoms with Gasteiger partial charge in [-0.25, -0.2) is 0 Å². The van der Waals surface area contributed by atoms with E-state index >= 15 is 0 Å². The third kappa shape index (κ3) is 4.85. The van der Waals surface area contributed by atoms with Crippen molar-refractivity contribution >= 4 is 45.0 Å². The first-order chi connectivity index (χ1) is 10.5. The SMILES string of the molecule is O=C(O)[C@H](Cc1ccc(Oc2ccc(O)cc2)cc1)N(Br)I. The van der Waals surface area contributed by atoms with Crippen LogP contribution >= 0.6 is 39.0 Å². The van der Waals surface area contributed by atoms with Gasteiger partial charge in [-0.1, -0.05) is 12.1 Å². The molecule has 0 spiro atoms. The van der Waals surface area contributed by atoms with E-state index in [9.17, 15) is 9.90 Å². The largest absolute Gasteiger partial charge is 0.508 e. The molecule has 0 heterocycles.